The first kappa shape index (κ1) is 11.1. The Morgan fingerprint density at radius 1 is 1.38 bits per heavy atom. The second-order valence-electron chi connectivity index (χ2n) is 3.47. The molecule has 1 heterocycles. The van der Waals surface area contributed by atoms with Crippen molar-refractivity contribution >= 4 is 21.4 Å². The first-order chi connectivity index (χ1) is 7.44. The van der Waals surface area contributed by atoms with E-state index in [2.05, 4.69) is 0 Å². The lowest BCUT2D eigenvalue weighted by molar-refractivity contribution is 0.234. The second kappa shape index (κ2) is 3.58. The molecule has 0 bridgehead atoms. The van der Waals surface area contributed by atoms with Crippen LogP contribution in [0.25, 0.3) is 0 Å². The van der Waals surface area contributed by atoms with Gasteiger partial charge >= 0.3 is 5.76 Å². The number of rotatable bonds is 2. The normalized spacial score (nSPS) is 15.6. The summed E-state index contributed by atoms with van der Waals surface area (Å²) in [6.45, 7) is 0.0240. The summed E-state index contributed by atoms with van der Waals surface area (Å²) in [5.41, 5.74) is 6.96. The number of alkyl halides is 2. The number of hydrogen-bond donors (Lipinski definition) is 1. The highest BCUT2D eigenvalue weighted by molar-refractivity contribution is 7.93. The number of nitrogens with two attached hydrogens (primary N) is 1. The zero-order valence-electron chi connectivity index (χ0n) is 8.23. The maximum Gasteiger partial charge on any atom is 0.355 e. The Balaban J connectivity index is 2.50. The van der Waals surface area contributed by atoms with Gasteiger partial charge in [0.2, 0.25) is 0 Å². The minimum Gasteiger partial charge on any atom is -0.398 e. The summed E-state index contributed by atoms with van der Waals surface area (Å²) in [5.74, 6) is -3.40. The lowest BCUT2D eigenvalue weighted by Gasteiger charge is -2.18. The standard InChI is InChI=1S/C9H10F2N2O2S/c10-9(11)16(14,15)13-5-4-6-7(12)2-1-3-8(6)13/h1-3,9H,4-5,12H2. The maximum atomic E-state index is 12.4. The summed E-state index contributed by atoms with van der Waals surface area (Å²) >= 11 is 0. The Hall–Kier alpha value is -1.37. The lowest BCUT2D eigenvalue weighted by atomic mass is 10.1. The number of benzene rings is 1. The van der Waals surface area contributed by atoms with Crippen LogP contribution in [0.3, 0.4) is 0 Å². The van der Waals surface area contributed by atoms with Gasteiger partial charge in [-0.05, 0) is 18.6 Å². The van der Waals surface area contributed by atoms with Crippen molar-refractivity contribution in [1.29, 1.82) is 0 Å². The molecule has 88 valence electrons. The fraction of sp³-hybridized carbons (Fsp3) is 0.333. The van der Waals surface area contributed by atoms with Crippen molar-refractivity contribution in [3.8, 4) is 0 Å². The molecule has 0 atom stereocenters. The molecule has 0 aromatic heterocycles. The molecule has 2 N–H and O–H groups in total. The van der Waals surface area contributed by atoms with Gasteiger partial charge in [-0.1, -0.05) is 6.07 Å². The van der Waals surface area contributed by atoms with Crippen LogP contribution in [0.4, 0.5) is 20.2 Å². The summed E-state index contributed by atoms with van der Waals surface area (Å²) in [6.07, 6.45) is 0.369. The number of fused-ring (bicyclic) bond motifs is 1. The molecule has 0 aliphatic carbocycles. The summed E-state index contributed by atoms with van der Waals surface area (Å²) in [7, 11) is -4.56. The zero-order chi connectivity index (χ0) is 11.9. The van der Waals surface area contributed by atoms with Gasteiger partial charge in [-0.25, -0.2) is 8.42 Å². The molecule has 1 aliphatic heterocycles. The van der Waals surface area contributed by atoms with Crippen LogP contribution in [0.1, 0.15) is 5.56 Å². The highest BCUT2D eigenvalue weighted by Crippen LogP contribution is 2.35. The van der Waals surface area contributed by atoms with Gasteiger partial charge in [0, 0.05) is 17.8 Å². The molecule has 0 amide bonds. The maximum absolute atomic E-state index is 12.4. The summed E-state index contributed by atoms with van der Waals surface area (Å²) < 4.78 is 48.2. The minimum atomic E-state index is -4.56. The van der Waals surface area contributed by atoms with Crippen LogP contribution in [-0.4, -0.2) is 20.7 Å². The number of nitrogen functional groups attached to an aromatic ring is 1. The monoisotopic (exact) mass is 248 g/mol. The molecule has 1 aromatic rings. The molecule has 0 radical (unpaired) electrons. The molecule has 0 saturated carbocycles. The fourth-order valence-corrected chi connectivity index (χ4v) is 2.78. The molecule has 0 saturated heterocycles. The van der Waals surface area contributed by atoms with Gasteiger partial charge in [-0.2, -0.15) is 8.78 Å². The minimum absolute atomic E-state index is 0.0240. The van der Waals surface area contributed by atoms with Gasteiger partial charge < -0.3 is 5.73 Å². The van der Waals surface area contributed by atoms with E-state index in [1.807, 2.05) is 0 Å². The summed E-state index contributed by atoms with van der Waals surface area (Å²) in [4.78, 5) is 0. The Morgan fingerprint density at radius 2 is 2.06 bits per heavy atom. The summed E-state index contributed by atoms with van der Waals surface area (Å²) in [6, 6.07) is 4.66. The predicted octanol–water partition coefficient (Wildman–Crippen LogP) is 1.18. The van der Waals surface area contributed by atoms with Crippen molar-refractivity contribution in [1.82, 2.24) is 0 Å². The van der Waals surface area contributed by atoms with Crippen molar-refractivity contribution in [2.75, 3.05) is 16.6 Å². The van der Waals surface area contributed by atoms with E-state index in [1.165, 1.54) is 6.07 Å². The van der Waals surface area contributed by atoms with Gasteiger partial charge in [0.05, 0.1) is 5.69 Å². The quantitative estimate of drug-likeness (QED) is 0.799. The SMILES string of the molecule is Nc1cccc2c1CCN2S(=O)(=O)C(F)F. The van der Waals surface area contributed by atoms with Crippen LogP contribution in [0.5, 0.6) is 0 Å². The smallest absolute Gasteiger partial charge is 0.355 e. The van der Waals surface area contributed by atoms with Crippen molar-refractivity contribution in [2.24, 2.45) is 0 Å². The third-order valence-corrected chi connectivity index (χ3v) is 4.00. The Bertz CT molecular complexity index is 516. The molecule has 0 unspecified atom stereocenters. The third kappa shape index (κ3) is 1.51. The van der Waals surface area contributed by atoms with E-state index in [0.717, 1.165) is 4.31 Å². The van der Waals surface area contributed by atoms with Crippen molar-refractivity contribution in [3.05, 3.63) is 23.8 Å². The molecule has 0 spiro atoms. The average Bonchev–Trinajstić information content (AvgIpc) is 2.63. The van der Waals surface area contributed by atoms with Crippen LogP contribution in [0.2, 0.25) is 0 Å². The molecule has 1 aromatic carbocycles. The average molecular weight is 248 g/mol. The molecule has 4 nitrogen and oxygen atoms in total. The summed E-state index contributed by atoms with van der Waals surface area (Å²) in [5, 5.41) is 0. The van der Waals surface area contributed by atoms with E-state index in [9.17, 15) is 17.2 Å². The van der Waals surface area contributed by atoms with Gasteiger partial charge in [0.25, 0.3) is 10.0 Å². The largest absolute Gasteiger partial charge is 0.398 e. The molecule has 7 heteroatoms. The third-order valence-electron chi connectivity index (χ3n) is 2.55. The van der Waals surface area contributed by atoms with Crippen molar-refractivity contribution in [2.45, 2.75) is 12.2 Å². The molecule has 16 heavy (non-hydrogen) atoms. The topological polar surface area (TPSA) is 63.4 Å². The zero-order valence-corrected chi connectivity index (χ0v) is 9.05. The van der Waals surface area contributed by atoms with Gasteiger partial charge in [-0.15, -0.1) is 0 Å². The predicted molar refractivity (Wildman–Crippen MR) is 56.8 cm³/mol. The van der Waals surface area contributed by atoms with Crippen LogP contribution in [0.15, 0.2) is 18.2 Å². The molecular formula is C9H10F2N2O2S. The number of halogens is 2. The van der Waals surface area contributed by atoms with E-state index in [-0.39, 0.29) is 12.2 Å². The van der Waals surface area contributed by atoms with Gasteiger partial charge in [0.1, 0.15) is 0 Å². The Labute approximate surface area is 91.7 Å². The van der Waals surface area contributed by atoms with Crippen LogP contribution in [0, 0.1) is 0 Å². The van der Waals surface area contributed by atoms with Crippen LogP contribution < -0.4 is 10.0 Å². The van der Waals surface area contributed by atoms with Gasteiger partial charge in [-0.3, -0.25) is 4.31 Å². The van der Waals surface area contributed by atoms with E-state index >= 15 is 0 Å². The first-order valence-corrected chi connectivity index (χ1v) is 6.12. The Kier molecular flexibility index (Phi) is 2.49. The number of hydrogen-bond acceptors (Lipinski definition) is 3. The Morgan fingerprint density at radius 3 is 2.69 bits per heavy atom. The molecular weight excluding hydrogens is 238 g/mol. The van der Waals surface area contributed by atoms with Crippen LogP contribution >= 0.6 is 0 Å². The van der Waals surface area contributed by atoms with Crippen LogP contribution in [-0.2, 0) is 16.4 Å². The van der Waals surface area contributed by atoms with Crippen molar-refractivity contribution < 1.29 is 17.2 Å². The highest BCUT2D eigenvalue weighted by Gasteiger charge is 2.36. The lowest BCUT2D eigenvalue weighted by Crippen LogP contribution is -2.33. The number of anilines is 2. The second-order valence-corrected chi connectivity index (χ2v) is 5.30. The molecule has 2 rings (SSSR count). The highest BCUT2D eigenvalue weighted by atomic mass is 32.2. The van der Waals surface area contributed by atoms with E-state index in [0.29, 0.717) is 17.7 Å². The van der Waals surface area contributed by atoms with Crippen molar-refractivity contribution in [3.63, 3.8) is 0 Å². The van der Waals surface area contributed by atoms with E-state index in [4.69, 9.17) is 5.73 Å². The van der Waals surface area contributed by atoms with E-state index in [1.54, 1.807) is 12.1 Å². The molecule has 1 aliphatic rings. The van der Waals surface area contributed by atoms with E-state index < -0.39 is 15.8 Å². The molecule has 0 fully saturated rings. The van der Waals surface area contributed by atoms with Gasteiger partial charge in [0.15, 0.2) is 0 Å². The first-order valence-electron chi connectivity index (χ1n) is 4.61. The number of nitrogens with zero attached hydrogens (tertiary/aromatic N) is 1. The number of sulfonamides is 1. The fourth-order valence-electron chi connectivity index (χ4n) is 1.79.